The molecule has 0 aromatic heterocycles. The first kappa shape index (κ1) is 14.9. The zero-order chi connectivity index (χ0) is 14.9. The number of carbonyl (C=O) groups excluding carboxylic acids is 1. The highest BCUT2D eigenvalue weighted by atomic mass is 79.9. The van der Waals surface area contributed by atoms with Crippen molar-refractivity contribution in [3.8, 4) is 0 Å². The number of benzene rings is 1. The maximum atomic E-state index is 12.2. The van der Waals surface area contributed by atoms with Crippen LogP contribution in [0.5, 0.6) is 0 Å². The van der Waals surface area contributed by atoms with E-state index in [1.165, 1.54) is 6.07 Å². The van der Waals surface area contributed by atoms with E-state index in [1.54, 1.807) is 13.0 Å². The van der Waals surface area contributed by atoms with Crippen LogP contribution in [0.15, 0.2) is 16.6 Å². The number of nitro benzene ring substituents is 1. The molecule has 0 saturated carbocycles. The second-order valence-corrected chi connectivity index (χ2v) is 5.92. The van der Waals surface area contributed by atoms with Crippen LogP contribution in [-0.4, -0.2) is 23.4 Å². The highest BCUT2D eigenvalue weighted by Gasteiger charge is 2.29. The maximum Gasteiger partial charge on any atom is 0.274 e. The lowest BCUT2D eigenvalue weighted by atomic mass is 10.0. The van der Waals surface area contributed by atoms with Crippen molar-refractivity contribution in [1.29, 1.82) is 0 Å². The molecule has 0 bridgehead atoms. The van der Waals surface area contributed by atoms with E-state index >= 15 is 0 Å². The molecule has 6 nitrogen and oxygen atoms in total. The number of amides is 1. The maximum absolute atomic E-state index is 12.2. The van der Waals surface area contributed by atoms with Gasteiger partial charge in [-0.1, -0.05) is 6.92 Å². The van der Waals surface area contributed by atoms with Gasteiger partial charge < -0.3 is 10.6 Å². The molecule has 0 radical (unpaired) electrons. The molecule has 1 aromatic rings. The molecule has 0 aliphatic carbocycles. The molecular weight excluding hydrogens is 326 g/mol. The third-order valence-electron chi connectivity index (χ3n) is 3.56. The summed E-state index contributed by atoms with van der Waals surface area (Å²) in [5.74, 6) is 0.100. The number of aryl methyl sites for hydroxylation is 1. The molecule has 2 N–H and O–H groups in total. The van der Waals surface area contributed by atoms with Gasteiger partial charge in [-0.2, -0.15) is 0 Å². The van der Waals surface area contributed by atoms with Gasteiger partial charge in [0.25, 0.3) is 5.69 Å². The lowest BCUT2D eigenvalue weighted by molar-refractivity contribution is -0.385. The average Bonchev–Trinajstić information content (AvgIpc) is 2.78. The average molecular weight is 342 g/mol. The van der Waals surface area contributed by atoms with Gasteiger partial charge in [-0.05, 0) is 47.8 Å². The molecule has 2 rings (SSSR count). The van der Waals surface area contributed by atoms with Gasteiger partial charge in [0, 0.05) is 16.1 Å². The van der Waals surface area contributed by atoms with Gasteiger partial charge in [-0.15, -0.1) is 0 Å². The number of hydrogen-bond acceptors (Lipinski definition) is 4. The fourth-order valence-electron chi connectivity index (χ4n) is 2.35. The van der Waals surface area contributed by atoms with Crippen molar-refractivity contribution in [1.82, 2.24) is 5.32 Å². The minimum atomic E-state index is -0.451. The molecule has 1 fully saturated rings. The van der Waals surface area contributed by atoms with E-state index in [9.17, 15) is 14.9 Å². The third-order valence-corrected chi connectivity index (χ3v) is 4.21. The molecule has 7 heteroatoms. The van der Waals surface area contributed by atoms with Crippen LogP contribution >= 0.6 is 15.9 Å². The molecule has 108 valence electrons. The van der Waals surface area contributed by atoms with Crippen LogP contribution in [0, 0.1) is 23.0 Å². The SMILES string of the molecule is Cc1cc(Br)c(NC(=O)C2NCCC2C)cc1[N+](=O)[O-]. The van der Waals surface area contributed by atoms with Crippen molar-refractivity contribution < 1.29 is 9.72 Å². The number of nitrogens with zero attached hydrogens (tertiary/aromatic N) is 1. The standard InChI is InChI=1S/C13H16BrN3O3/c1-7-3-4-15-12(7)13(18)16-10-6-11(17(19)20)8(2)5-9(10)14/h5-7,12,15H,3-4H2,1-2H3,(H,16,18). The van der Waals surface area contributed by atoms with E-state index in [1.807, 2.05) is 6.92 Å². The van der Waals surface area contributed by atoms with Crippen molar-refractivity contribution in [2.45, 2.75) is 26.3 Å². The number of halogens is 1. The Hall–Kier alpha value is -1.47. The Morgan fingerprint density at radius 3 is 2.80 bits per heavy atom. The lowest BCUT2D eigenvalue weighted by Gasteiger charge is -2.16. The van der Waals surface area contributed by atoms with E-state index in [-0.39, 0.29) is 23.6 Å². The molecule has 1 aliphatic heterocycles. The highest BCUT2D eigenvalue weighted by molar-refractivity contribution is 9.10. The predicted octanol–water partition coefficient (Wildman–Crippen LogP) is 2.60. The molecule has 0 spiro atoms. The summed E-state index contributed by atoms with van der Waals surface area (Å²) in [4.78, 5) is 22.7. The molecule has 1 amide bonds. The van der Waals surface area contributed by atoms with Gasteiger partial charge in [-0.3, -0.25) is 14.9 Å². The van der Waals surface area contributed by atoms with Gasteiger partial charge in [0.1, 0.15) is 0 Å². The molecule has 2 unspecified atom stereocenters. The summed E-state index contributed by atoms with van der Waals surface area (Å²) in [6.07, 6.45) is 0.952. The Balaban J connectivity index is 2.22. The van der Waals surface area contributed by atoms with Crippen LogP contribution in [-0.2, 0) is 4.79 Å². The highest BCUT2D eigenvalue weighted by Crippen LogP contribution is 2.31. The van der Waals surface area contributed by atoms with E-state index in [4.69, 9.17) is 0 Å². The molecule has 2 atom stereocenters. The third kappa shape index (κ3) is 2.99. The number of carbonyl (C=O) groups is 1. The summed E-state index contributed by atoms with van der Waals surface area (Å²) in [6, 6.07) is 2.78. The summed E-state index contributed by atoms with van der Waals surface area (Å²) in [7, 11) is 0. The summed E-state index contributed by atoms with van der Waals surface area (Å²) >= 11 is 3.32. The fourth-order valence-corrected chi connectivity index (χ4v) is 2.91. The summed E-state index contributed by atoms with van der Waals surface area (Å²) in [5.41, 5.74) is 0.969. The second-order valence-electron chi connectivity index (χ2n) is 5.06. The van der Waals surface area contributed by atoms with Crippen LogP contribution in [0.4, 0.5) is 11.4 Å². The number of hydrogen-bond donors (Lipinski definition) is 2. The van der Waals surface area contributed by atoms with Crippen molar-refractivity contribution in [2.75, 3.05) is 11.9 Å². The van der Waals surface area contributed by atoms with Crippen LogP contribution in [0.1, 0.15) is 18.9 Å². The van der Waals surface area contributed by atoms with E-state index < -0.39 is 4.92 Å². The zero-order valence-electron chi connectivity index (χ0n) is 11.3. The fraction of sp³-hybridized carbons (Fsp3) is 0.462. The first-order chi connectivity index (χ1) is 9.40. The smallest absolute Gasteiger partial charge is 0.274 e. The molecule has 1 saturated heterocycles. The number of nitrogens with one attached hydrogen (secondary N) is 2. The Labute approximate surface area is 125 Å². The first-order valence-corrected chi connectivity index (χ1v) is 7.18. The molecular formula is C13H16BrN3O3. The van der Waals surface area contributed by atoms with Gasteiger partial charge in [0.2, 0.25) is 5.91 Å². The molecule has 1 aliphatic rings. The normalized spacial score (nSPS) is 21.8. The largest absolute Gasteiger partial charge is 0.323 e. The number of nitro groups is 1. The first-order valence-electron chi connectivity index (χ1n) is 6.39. The van der Waals surface area contributed by atoms with Gasteiger partial charge in [-0.25, -0.2) is 0 Å². The van der Waals surface area contributed by atoms with Gasteiger partial charge in [0.05, 0.1) is 16.7 Å². The van der Waals surface area contributed by atoms with Crippen LogP contribution in [0.2, 0.25) is 0 Å². The molecule has 20 heavy (non-hydrogen) atoms. The number of rotatable bonds is 3. The summed E-state index contributed by atoms with van der Waals surface area (Å²) in [5, 5.41) is 16.8. The second kappa shape index (κ2) is 5.88. The minimum Gasteiger partial charge on any atom is -0.323 e. The zero-order valence-corrected chi connectivity index (χ0v) is 12.9. The van der Waals surface area contributed by atoms with Crippen LogP contribution in [0.3, 0.4) is 0 Å². The Morgan fingerprint density at radius 2 is 2.25 bits per heavy atom. The van der Waals surface area contributed by atoms with E-state index in [0.717, 1.165) is 13.0 Å². The minimum absolute atomic E-state index is 0.00377. The summed E-state index contributed by atoms with van der Waals surface area (Å²) < 4.78 is 0.639. The Morgan fingerprint density at radius 1 is 1.55 bits per heavy atom. The number of anilines is 1. The van der Waals surface area contributed by atoms with Gasteiger partial charge >= 0.3 is 0 Å². The monoisotopic (exact) mass is 341 g/mol. The van der Waals surface area contributed by atoms with Crippen molar-refractivity contribution in [3.05, 3.63) is 32.3 Å². The summed E-state index contributed by atoms with van der Waals surface area (Å²) in [6.45, 7) is 4.49. The van der Waals surface area contributed by atoms with Crippen LogP contribution in [0.25, 0.3) is 0 Å². The quantitative estimate of drug-likeness (QED) is 0.653. The molecule has 1 heterocycles. The van der Waals surface area contributed by atoms with Crippen LogP contribution < -0.4 is 10.6 Å². The van der Waals surface area contributed by atoms with Gasteiger partial charge in [0.15, 0.2) is 0 Å². The van der Waals surface area contributed by atoms with Crippen molar-refractivity contribution >= 4 is 33.2 Å². The lowest BCUT2D eigenvalue weighted by Crippen LogP contribution is -2.39. The Bertz CT molecular complexity index is 562. The Kier molecular flexibility index (Phi) is 4.39. The topological polar surface area (TPSA) is 84.3 Å². The predicted molar refractivity (Wildman–Crippen MR) is 79.7 cm³/mol. The van der Waals surface area contributed by atoms with E-state index in [0.29, 0.717) is 15.7 Å². The van der Waals surface area contributed by atoms with Crippen molar-refractivity contribution in [3.63, 3.8) is 0 Å². The molecule has 1 aromatic carbocycles. The van der Waals surface area contributed by atoms with E-state index in [2.05, 4.69) is 26.6 Å². The van der Waals surface area contributed by atoms with Crippen molar-refractivity contribution in [2.24, 2.45) is 5.92 Å².